The van der Waals surface area contributed by atoms with E-state index in [0.29, 0.717) is 24.5 Å². The van der Waals surface area contributed by atoms with Gasteiger partial charge in [-0.05, 0) is 81.5 Å². The molecule has 0 N–H and O–H groups in total. The summed E-state index contributed by atoms with van der Waals surface area (Å²) in [5.41, 5.74) is 3.22. The molecule has 1 aliphatic rings. The van der Waals surface area contributed by atoms with E-state index in [1.54, 1.807) is 26.2 Å². The van der Waals surface area contributed by atoms with Gasteiger partial charge in [0.05, 0.1) is 13.2 Å². The number of amides is 1. The zero-order valence-electron chi connectivity index (χ0n) is 20.7. The van der Waals surface area contributed by atoms with Crippen LogP contribution in [0.15, 0.2) is 36.4 Å². The summed E-state index contributed by atoms with van der Waals surface area (Å²) in [6.07, 6.45) is 0.461. The van der Waals surface area contributed by atoms with Crippen molar-refractivity contribution in [1.82, 2.24) is 4.90 Å². The molecule has 6 nitrogen and oxygen atoms in total. The van der Waals surface area contributed by atoms with E-state index in [-0.39, 0.29) is 23.8 Å². The molecule has 1 heterocycles. The number of benzene rings is 2. The first-order valence-electron chi connectivity index (χ1n) is 11.4. The molecule has 0 bridgehead atoms. The Morgan fingerprint density at radius 3 is 2.45 bits per heavy atom. The Balaban J connectivity index is 1.81. The molecule has 2 aromatic carbocycles. The summed E-state index contributed by atoms with van der Waals surface area (Å²) in [5.74, 6) is 1.67. The highest BCUT2D eigenvalue weighted by molar-refractivity contribution is 5.94. The van der Waals surface area contributed by atoms with E-state index >= 15 is 0 Å². The third-order valence-electron chi connectivity index (χ3n) is 5.73. The number of rotatable bonds is 6. The van der Waals surface area contributed by atoms with Crippen LogP contribution in [0.5, 0.6) is 11.5 Å². The van der Waals surface area contributed by atoms with Crippen LogP contribution < -0.4 is 9.47 Å². The number of methoxy groups -OCH3 is 1. The molecule has 0 fully saturated rings. The van der Waals surface area contributed by atoms with Crippen LogP contribution in [0.25, 0.3) is 0 Å². The molecule has 1 atom stereocenters. The van der Waals surface area contributed by atoms with Crippen molar-refractivity contribution in [3.63, 3.8) is 0 Å². The molecule has 0 saturated carbocycles. The van der Waals surface area contributed by atoms with E-state index in [1.165, 1.54) is 5.56 Å². The summed E-state index contributed by atoms with van der Waals surface area (Å²) in [6.45, 7) is 12.3. The number of ketones is 1. The summed E-state index contributed by atoms with van der Waals surface area (Å²) in [5, 5.41) is 0. The lowest BCUT2D eigenvalue weighted by molar-refractivity contribution is 0.00876. The van der Waals surface area contributed by atoms with Gasteiger partial charge in [-0.1, -0.05) is 19.9 Å². The maximum atomic E-state index is 12.8. The summed E-state index contributed by atoms with van der Waals surface area (Å²) < 4.78 is 17.2. The second-order valence-corrected chi connectivity index (χ2v) is 9.84. The Morgan fingerprint density at radius 2 is 1.85 bits per heavy atom. The molecule has 0 aromatic heterocycles. The number of carbonyl (C=O) groups is 2. The molecule has 1 amide bonds. The van der Waals surface area contributed by atoms with Gasteiger partial charge in [0.1, 0.15) is 23.7 Å². The fourth-order valence-corrected chi connectivity index (χ4v) is 4.24. The van der Waals surface area contributed by atoms with Crippen molar-refractivity contribution in [3.05, 3.63) is 58.7 Å². The highest BCUT2D eigenvalue weighted by atomic mass is 16.6. The molecule has 6 heteroatoms. The van der Waals surface area contributed by atoms with E-state index in [2.05, 4.69) is 26.0 Å². The Morgan fingerprint density at radius 1 is 1.12 bits per heavy atom. The lowest BCUT2D eigenvalue weighted by atomic mass is 9.86. The second-order valence-electron chi connectivity index (χ2n) is 9.84. The average molecular weight is 454 g/mol. The first-order chi connectivity index (χ1) is 15.5. The van der Waals surface area contributed by atoms with Crippen LogP contribution in [0.1, 0.15) is 74.6 Å². The van der Waals surface area contributed by atoms with Gasteiger partial charge >= 0.3 is 6.09 Å². The molecule has 0 aliphatic carbocycles. The zero-order chi connectivity index (χ0) is 24.3. The van der Waals surface area contributed by atoms with Crippen LogP contribution in [0, 0.1) is 5.92 Å². The smallest absolute Gasteiger partial charge is 0.410 e. The summed E-state index contributed by atoms with van der Waals surface area (Å²) in [6, 6.07) is 11.4. The summed E-state index contributed by atoms with van der Waals surface area (Å²) in [7, 11) is 1.60. The number of carbonyl (C=O) groups excluding carboxylic acids is 2. The normalized spacial score (nSPS) is 15.8. The van der Waals surface area contributed by atoms with Crippen LogP contribution in [0.4, 0.5) is 4.79 Å². The van der Waals surface area contributed by atoms with Gasteiger partial charge in [0, 0.05) is 17.7 Å². The van der Waals surface area contributed by atoms with Gasteiger partial charge < -0.3 is 19.1 Å². The topological polar surface area (TPSA) is 65.1 Å². The summed E-state index contributed by atoms with van der Waals surface area (Å²) in [4.78, 5) is 26.4. The number of hydrogen-bond donors (Lipinski definition) is 0. The van der Waals surface area contributed by atoms with Gasteiger partial charge in [0.2, 0.25) is 0 Å². The van der Waals surface area contributed by atoms with Gasteiger partial charge in [-0.2, -0.15) is 0 Å². The SMILES string of the molecule is COc1ccc(C(C)=O)cc1COc1ccc2c(c1)CCN(C(=O)OC(C)(C)C)C2C(C)C. The summed E-state index contributed by atoms with van der Waals surface area (Å²) >= 11 is 0. The molecule has 0 radical (unpaired) electrons. The molecule has 1 unspecified atom stereocenters. The molecular formula is C27H35NO5. The van der Waals surface area contributed by atoms with Gasteiger partial charge in [-0.25, -0.2) is 4.79 Å². The highest BCUT2D eigenvalue weighted by Crippen LogP contribution is 2.38. The first kappa shape index (κ1) is 24.6. The molecule has 1 aliphatic heterocycles. The number of fused-ring (bicyclic) bond motifs is 1. The van der Waals surface area contributed by atoms with E-state index < -0.39 is 5.60 Å². The molecule has 3 rings (SSSR count). The average Bonchev–Trinajstić information content (AvgIpc) is 2.74. The lowest BCUT2D eigenvalue weighted by Gasteiger charge is -2.40. The molecule has 0 saturated heterocycles. The molecule has 33 heavy (non-hydrogen) atoms. The predicted molar refractivity (Wildman–Crippen MR) is 128 cm³/mol. The molecule has 2 aromatic rings. The van der Waals surface area contributed by atoms with Crippen molar-refractivity contribution in [2.45, 2.75) is 66.2 Å². The van der Waals surface area contributed by atoms with Gasteiger partial charge in [-0.15, -0.1) is 0 Å². The Labute approximate surface area is 196 Å². The highest BCUT2D eigenvalue weighted by Gasteiger charge is 2.35. The van der Waals surface area contributed by atoms with Gasteiger partial charge in [0.25, 0.3) is 0 Å². The standard InChI is InChI=1S/C27H35NO5/c1-17(2)25-23-10-9-22(15-20(23)12-13-28(25)26(30)33-27(4,5)6)32-16-21-14-19(18(3)29)8-11-24(21)31-7/h8-11,14-15,17,25H,12-13,16H2,1-7H3. The minimum atomic E-state index is -0.530. The van der Waals surface area contributed by atoms with Crippen LogP contribution in [-0.2, 0) is 17.8 Å². The second kappa shape index (κ2) is 9.86. The van der Waals surface area contributed by atoms with Crippen LogP contribution in [-0.4, -0.2) is 36.0 Å². The van der Waals surface area contributed by atoms with Crippen molar-refractivity contribution in [1.29, 1.82) is 0 Å². The van der Waals surface area contributed by atoms with Crippen LogP contribution in [0.3, 0.4) is 0 Å². The van der Waals surface area contributed by atoms with E-state index in [0.717, 1.165) is 23.3 Å². The number of Topliss-reactive ketones (excluding diaryl/α,β-unsaturated/α-hetero) is 1. The monoisotopic (exact) mass is 453 g/mol. The maximum Gasteiger partial charge on any atom is 0.410 e. The van der Waals surface area contributed by atoms with Crippen molar-refractivity contribution >= 4 is 11.9 Å². The maximum absolute atomic E-state index is 12.8. The van der Waals surface area contributed by atoms with Crippen molar-refractivity contribution < 1.29 is 23.8 Å². The minimum Gasteiger partial charge on any atom is -0.496 e. The number of nitrogens with zero attached hydrogens (tertiary/aromatic N) is 1. The number of hydrogen-bond acceptors (Lipinski definition) is 5. The molecular weight excluding hydrogens is 418 g/mol. The Kier molecular flexibility index (Phi) is 7.35. The van der Waals surface area contributed by atoms with E-state index in [9.17, 15) is 9.59 Å². The third kappa shape index (κ3) is 5.86. The van der Waals surface area contributed by atoms with Crippen LogP contribution in [0.2, 0.25) is 0 Å². The fraction of sp³-hybridized carbons (Fsp3) is 0.481. The van der Waals surface area contributed by atoms with Gasteiger partial charge in [-0.3, -0.25) is 4.79 Å². The Hall–Kier alpha value is -3.02. The van der Waals surface area contributed by atoms with Crippen molar-refractivity contribution in [2.75, 3.05) is 13.7 Å². The van der Waals surface area contributed by atoms with Gasteiger partial charge in [0.15, 0.2) is 5.78 Å². The Bertz CT molecular complexity index is 1020. The van der Waals surface area contributed by atoms with Crippen molar-refractivity contribution in [2.24, 2.45) is 5.92 Å². The van der Waals surface area contributed by atoms with Crippen molar-refractivity contribution in [3.8, 4) is 11.5 Å². The minimum absolute atomic E-state index is 0.00181. The quantitative estimate of drug-likeness (QED) is 0.505. The zero-order valence-corrected chi connectivity index (χ0v) is 20.7. The molecule has 178 valence electrons. The third-order valence-corrected chi connectivity index (χ3v) is 5.73. The number of ether oxygens (including phenoxy) is 3. The largest absolute Gasteiger partial charge is 0.496 e. The molecule has 0 spiro atoms. The fourth-order valence-electron chi connectivity index (χ4n) is 4.24. The van der Waals surface area contributed by atoms with E-state index in [4.69, 9.17) is 14.2 Å². The van der Waals surface area contributed by atoms with Crippen LogP contribution >= 0.6 is 0 Å². The lowest BCUT2D eigenvalue weighted by Crippen LogP contribution is -2.44. The van der Waals surface area contributed by atoms with E-state index in [1.807, 2.05) is 37.8 Å². The predicted octanol–water partition coefficient (Wildman–Crippen LogP) is 5.97. The first-order valence-corrected chi connectivity index (χ1v) is 11.4.